The maximum atomic E-state index is 12.5. The summed E-state index contributed by atoms with van der Waals surface area (Å²) >= 11 is 13.4. The maximum Gasteiger partial charge on any atom is 0.329 e. The number of nitrogens with one attached hydrogen (secondary N) is 2. The monoisotopic (exact) mass is 468 g/mol. The normalized spacial score (nSPS) is 11.5. The first-order valence-corrected chi connectivity index (χ1v) is 10.9. The molecule has 1 amide bonds. The Morgan fingerprint density at radius 1 is 1.07 bits per heavy atom. The number of amides is 1. The number of rotatable bonds is 9. The van der Waals surface area contributed by atoms with E-state index in [-0.39, 0.29) is 29.8 Å². The lowest BCUT2D eigenvalue weighted by atomic mass is 10.1. The fraction of sp³-hybridized carbons (Fsp3) is 0.286. The van der Waals surface area contributed by atoms with Crippen LogP contribution in [0.15, 0.2) is 42.5 Å². The molecular weight excluding hydrogens is 447 g/mol. The lowest BCUT2D eigenvalue weighted by molar-refractivity contribution is -0.146. The van der Waals surface area contributed by atoms with Crippen molar-refractivity contribution in [1.82, 2.24) is 5.32 Å². The Hall–Kier alpha value is -2.22. The number of ether oxygens (including phenoxy) is 1. The summed E-state index contributed by atoms with van der Waals surface area (Å²) in [7, 11) is 0. The van der Waals surface area contributed by atoms with Crippen molar-refractivity contribution >= 4 is 63.3 Å². The van der Waals surface area contributed by atoms with Gasteiger partial charge in [-0.25, -0.2) is 4.79 Å². The lowest BCUT2D eigenvalue weighted by Gasteiger charge is -2.16. The average molecular weight is 469 g/mol. The van der Waals surface area contributed by atoms with Crippen LogP contribution >= 0.6 is 35.0 Å². The van der Waals surface area contributed by atoms with Crippen molar-refractivity contribution in [3.8, 4) is 0 Å². The first kappa shape index (κ1) is 24.1. The minimum Gasteiger partial charge on any atom is -0.464 e. The zero-order chi connectivity index (χ0) is 22.1. The van der Waals surface area contributed by atoms with Crippen molar-refractivity contribution in [1.29, 1.82) is 0 Å². The van der Waals surface area contributed by atoms with Gasteiger partial charge in [0.15, 0.2) is 5.12 Å². The number of thioether (sulfide) groups is 1. The average Bonchev–Trinajstić information content (AvgIpc) is 2.69. The fourth-order valence-corrected chi connectivity index (χ4v) is 3.91. The zero-order valence-electron chi connectivity index (χ0n) is 16.5. The highest BCUT2D eigenvalue weighted by molar-refractivity contribution is 8.13. The van der Waals surface area contributed by atoms with Crippen molar-refractivity contribution in [2.24, 2.45) is 0 Å². The minimum absolute atomic E-state index is 0.0865. The van der Waals surface area contributed by atoms with Gasteiger partial charge in [0.25, 0.3) is 0 Å². The molecule has 0 radical (unpaired) electrons. The summed E-state index contributed by atoms with van der Waals surface area (Å²) in [5.41, 5.74) is 2.00. The van der Waals surface area contributed by atoms with Gasteiger partial charge < -0.3 is 15.4 Å². The highest BCUT2D eigenvalue weighted by Gasteiger charge is 2.22. The van der Waals surface area contributed by atoms with Gasteiger partial charge in [-0.3, -0.25) is 9.59 Å². The lowest BCUT2D eigenvalue weighted by Crippen LogP contribution is -2.42. The van der Waals surface area contributed by atoms with Crippen LogP contribution in [0.4, 0.5) is 11.4 Å². The van der Waals surface area contributed by atoms with E-state index in [4.69, 9.17) is 27.9 Å². The molecular formula is C21H22Cl2N2O4S. The second-order valence-corrected chi connectivity index (χ2v) is 8.14. The number of hydrogen-bond acceptors (Lipinski definition) is 6. The van der Waals surface area contributed by atoms with Crippen molar-refractivity contribution in [3.63, 3.8) is 0 Å². The molecule has 0 spiro atoms. The number of halogens is 2. The van der Waals surface area contributed by atoms with E-state index in [2.05, 4.69) is 10.6 Å². The molecule has 0 aliphatic heterocycles. The predicted molar refractivity (Wildman–Crippen MR) is 122 cm³/mol. The van der Waals surface area contributed by atoms with E-state index < -0.39 is 12.0 Å². The van der Waals surface area contributed by atoms with E-state index >= 15 is 0 Å². The van der Waals surface area contributed by atoms with Gasteiger partial charge >= 0.3 is 5.97 Å². The number of carbonyl (C=O) groups is 3. The van der Waals surface area contributed by atoms with E-state index in [9.17, 15) is 14.4 Å². The van der Waals surface area contributed by atoms with Crippen LogP contribution in [0.1, 0.15) is 19.4 Å². The minimum atomic E-state index is -0.883. The van der Waals surface area contributed by atoms with Crippen LogP contribution in [0.2, 0.25) is 10.0 Å². The number of anilines is 2. The van der Waals surface area contributed by atoms with Gasteiger partial charge in [0.05, 0.1) is 22.3 Å². The molecule has 0 unspecified atom stereocenters. The summed E-state index contributed by atoms with van der Waals surface area (Å²) in [5.74, 6) is -0.848. The second-order valence-electron chi connectivity index (χ2n) is 6.24. The molecule has 2 rings (SSSR count). The Labute approximate surface area is 189 Å². The summed E-state index contributed by atoms with van der Waals surface area (Å²) in [6.45, 7) is 3.17. The Kier molecular flexibility index (Phi) is 9.49. The molecule has 0 fully saturated rings. The van der Waals surface area contributed by atoms with Crippen LogP contribution in [0.3, 0.4) is 0 Å². The van der Waals surface area contributed by atoms with Gasteiger partial charge in [-0.1, -0.05) is 59.2 Å². The molecule has 2 N–H and O–H groups in total. The summed E-state index contributed by atoms with van der Waals surface area (Å²) in [6.07, 6.45) is 0.117. The zero-order valence-corrected chi connectivity index (χ0v) is 18.9. The summed E-state index contributed by atoms with van der Waals surface area (Å²) in [6, 6.07) is 11.6. The molecule has 160 valence electrons. The molecule has 0 aliphatic rings. The molecule has 0 saturated carbocycles. The van der Waals surface area contributed by atoms with Gasteiger partial charge in [0, 0.05) is 24.8 Å². The number of carbonyl (C=O) groups excluding carboxylic acids is 3. The topological polar surface area (TPSA) is 84.5 Å². The summed E-state index contributed by atoms with van der Waals surface area (Å²) in [5, 5.41) is 6.46. The Morgan fingerprint density at radius 3 is 2.37 bits per heavy atom. The van der Waals surface area contributed by atoms with Crippen molar-refractivity contribution in [2.45, 2.75) is 26.3 Å². The number of esters is 1. The third-order valence-corrected chi connectivity index (χ3v) is 5.53. The first-order valence-electron chi connectivity index (χ1n) is 9.20. The van der Waals surface area contributed by atoms with E-state index in [1.807, 2.05) is 24.3 Å². The third kappa shape index (κ3) is 7.23. The van der Waals surface area contributed by atoms with E-state index in [1.54, 1.807) is 25.1 Å². The van der Waals surface area contributed by atoms with Crippen LogP contribution in [-0.2, 0) is 25.5 Å². The highest BCUT2D eigenvalue weighted by Crippen LogP contribution is 2.33. The van der Waals surface area contributed by atoms with Crippen LogP contribution in [0.25, 0.3) is 0 Å². The molecule has 0 aliphatic carbocycles. The summed E-state index contributed by atoms with van der Waals surface area (Å²) in [4.78, 5) is 35.8. The Balaban J connectivity index is 2.06. The number of benzene rings is 2. The highest BCUT2D eigenvalue weighted by atomic mass is 35.5. The van der Waals surface area contributed by atoms with E-state index in [0.717, 1.165) is 17.3 Å². The molecule has 30 heavy (non-hydrogen) atoms. The van der Waals surface area contributed by atoms with Gasteiger partial charge in [0.1, 0.15) is 6.04 Å². The molecule has 2 aromatic rings. The number of para-hydroxylation sites is 2. The fourth-order valence-electron chi connectivity index (χ4n) is 2.59. The van der Waals surface area contributed by atoms with Crippen molar-refractivity contribution < 1.29 is 19.1 Å². The van der Waals surface area contributed by atoms with Crippen LogP contribution in [-0.4, -0.2) is 35.4 Å². The molecule has 0 bridgehead atoms. The smallest absolute Gasteiger partial charge is 0.329 e. The molecule has 6 nitrogen and oxygen atoms in total. The largest absolute Gasteiger partial charge is 0.464 e. The van der Waals surface area contributed by atoms with Gasteiger partial charge in [-0.15, -0.1) is 0 Å². The van der Waals surface area contributed by atoms with Crippen LogP contribution < -0.4 is 10.6 Å². The summed E-state index contributed by atoms with van der Waals surface area (Å²) < 4.78 is 4.95. The van der Waals surface area contributed by atoms with Crippen molar-refractivity contribution in [3.05, 3.63) is 58.1 Å². The van der Waals surface area contributed by atoms with Gasteiger partial charge in [-0.05, 0) is 30.7 Å². The third-order valence-electron chi connectivity index (χ3n) is 3.93. The van der Waals surface area contributed by atoms with Crippen molar-refractivity contribution in [2.75, 3.05) is 17.7 Å². The molecule has 0 aromatic heterocycles. The maximum absolute atomic E-state index is 12.5. The molecule has 1 atom stereocenters. The predicted octanol–water partition coefficient (Wildman–Crippen LogP) is 4.61. The molecule has 2 aromatic carbocycles. The van der Waals surface area contributed by atoms with E-state index in [0.29, 0.717) is 21.4 Å². The SMILES string of the molecule is CCOC(=O)[C@H](CSC(=O)Cc1ccccc1Nc1c(Cl)cccc1Cl)NC(C)=O. The molecule has 9 heteroatoms. The number of hydrogen-bond donors (Lipinski definition) is 2. The second kappa shape index (κ2) is 11.8. The van der Waals surface area contributed by atoms with Gasteiger partial charge in [-0.2, -0.15) is 0 Å². The molecule has 0 heterocycles. The standard InChI is InChI=1S/C21H22Cl2N2O4S/c1-3-29-21(28)18(24-13(2)26)12-30-19(27)11-14-7-4-5-10-17(14)25-20-15(22)8-6-9-16(20)23/h4-10,18,25H,3,11-12H2,1-2H3,(H,24,26)/t18-/m0/s1. The van der Waals surface area contributed by atoms with Crippen LogP contribution in [0.5, 0.6) is 0 Å². The Morgan fingerprint density at radius 2 is 1.73 bits per heavy atom. The first-order chi connectivity index (χ1) is 14.3. The van der Waals surface area contributed by atoms with Gasteiger partial charge in [0.2, 0.25) is 5.91 Å². The molecule has 0 saturated heterocycles. The van der Waals surface area contributed by atoms with Crippen LogP contribution in [0, 0.1) is 0 Å². The Bertz CT molecular complexity index is 903. The quantitative estimate of drug-likeness (QED) is 0.522. The van der Waals surface area contributed by atoms with E-state index in [1.165, 1.54) is 6.92 Å².